The number of benzene rings is 1. The maximum absolute atomic E-state index is 13.7. The molecule has 0 bridgehead atoms. The van der Waals surface area contributed by atoms with Crippen LogP contribution in [0.5, 0.6) is 0 Å². The summed E-state index contributed by atoms with van der Waals surface area (Å²) in [5.74, 6) is 0.0577. The number of aryl methyl sites for hydroxylation is 1. The van der Waals surface area contributed by atoms with E-state index in [4.69, 9.17) is 4.74 Å². The second-order valence-electron chi connectivity index (χ2n) is 7.61. The summed E-state index contributed by atoms with van der Waals surface area (Å²) in [6.45, 7) is 3.19. The highest BCUT2D eigenvalue weighted by Gasteiger charge is 2.28. The fraction of sp³-hybridized carbons (Fsp3) is 0.381. The van der Waals surface area contributed by atoms with Gasteiger partial charge in [-0.2, -0.15) is 10.2 Å². The molecule has 1 aliphatic carbocycles. The van der Waals surface area contributed by atoms with Crippen LogP contribution in [0.2, 0.25) is 0 Å². The molecule has 1 atom stereocenters. The van der Waals surface area contributed by atoms with E-state index in [2.05, 4.69) is 15.5 Å². The normalized spacial score (nSPS) is 18.2. The van der Waals surface area contributed by atoms with Crippen molar-refractivity contribution >= 4 is 11.7 Å². The van der Waals surface area contributed by atoms with Crippen LogP contribution in [-0.2, 0) is 17.6 Å². The Morgan fingerprint density at radius 2 is 2.17 bits per heavy atom. The average molecular weight is 395 g/mol. The number of aromatic nitrogens is 4. The molecule has 1 N–H and O–H groups in total. The molecule has 8 heteroatoms. The molecular weight excluding hydrogens is 373 g/mol. The Morgan fingerprint density at radius 3 is 2.97 bits per heavy atom. The van der Waals surface area contributed by atoms with Gasteiger partial charge >= 0.3 is 0 Å². The van der Waals surface area contributed by atoms with Crippen molar-refractivity contribution in [2.45, 2.75) is 38.6 Å². The van der Waals surface area contributed by atoms with Crippen LogP contribution in [0.15, 0.2) is 30.3 Å². The fourth-order valence-corrected chi connectivity index (χ4v) is 4.22. The van der Waals surface area contributed by atoms with Gasteiger partial charge in [-0.25, -0.2) is 13.8 Å². The van der Waals surface area contributed by atoms with Gasteiger partial charge < -0.3 is 10.1 Å². The van der Waals surface area contributed by atoms with E-state index < -0.39 is 0 Å². The number of anilines is 1. The first-order valence-corrected chi connectivity index (χ1v) is 9.92. The Bertz CT molecular complexity index is 1080. The molecule has 3 aromatic rings. The Morgan fingerprint density at radius 1 is 1.28 bits per heavy atom. The smallest absolute Gasteiger partial charge is 0.277 e. The molecule has 1 amide bonds. The summed E-state index contributed by atoms with van der Waals surface area (Å²) in [6, 6.07) is 8.27. The van der Waals surface area contributed by atoms with Crippen molar-refractivity contribution in [1.82, 2.24) is 19.6 Å². The molecule has 0 spiro atoms. The molecule has 0 saturated carbocycles. The van der Waals surface area contributed by atoms with E-state index in [0.717, 1.165) is 42.6 Å². The molecule has 29 heavy (non-hydrogen) atoms. The lowest BCUT2D eigenvalue weighted by atomic mass is 10.2. The average Bonchev–Trinajstić information content (AvgIpc) is 3.46. The van der Waals surface area contributed by atoms with Gasteiger partial charge in [-0.3, -0.25) is 4.79 Å². The van der Waals surface area contributed by atoms with Crippen molar-refractivity contribution in [1.29, 1.82) is 0 Å². The van der Waals surface area contributed by atoms with E-state index >= 15 is 0 Å². The minimum Gasteiger partial charge on any atom is -0.379 e. The third-order valence-electron chi connectivity index (χ3n) is 5.55. The molecular formula is C21H22FN5O2. The molecule has 3 heterocycles. The lowest BCUT2D eigenvalue weighted by molar-refractivity contribution is 0.101. The summed E-state index contributed by atoms with van der Waals surface area (Å²) in [5, 5.41) is 12.1. The first kappa shape index (κ1) is 18.1. The first-order chi connectivity index (χ1) is 14.1. The highest BCUT2D eigenvalue weighted by molar-refractivity contribution is 6.03. The molecule has 5 rings (SSSR count). The molecule has 1 aliphatic heterocycles. The zero-order chi connectivity index (χ0) is 20.0. The van der Waals surface area contributed by atoms with E-state index in [1.165, 1.54) is 12.1 Å². The van der Waals surface area contributed by atoms with Gasteiger partial charge in [-0.15, -0.1) is 0 Å². The monoisotopic (exact) mass is 395 g/mol. The molecule has 2 aromatic heterocycles. The van der Waals surface area contributed by atoms with E-state index in [9.17, 15) is 9.18 Å². The van der Waals surface area contributed by atoms with Crippen molar-refractivity contribution in [3.8, 4) is 5.69 Å². The van der Waals surface area contributed by atoms with Crippen LogP contribution in [0.4, 0.5) is 10.2 Å². The summed E-state index contributed by atoms with van der Waals surface area (Å²) >= 11 is 0. The third-order valence-corrected chi connectivity index (χ3v) is 5.55. The second-order valence-corrected chi connectivity index (χ2v) is 7.61. The second kappa shape index (κ2) is 7.11. The lowest BCUT2D eigenvalue weighted by Gasteiger charge is -2.13. The van der Waals surface area contributed by atoms with Crippen LogP contribution < -0.4 is 5.32 Å². The van der Waals surface area contributed by atoms with Crippen molar-refractivity contribution in [3.63, 3.8) is 0 Å². The van der Waals surface area contributed by atoms with Gasteiger partial charge in [0, 0.05) is 23.9 Å². The molecule has 1 saturated heterocycles. The minimum absolute atomic E-state index is 0.120. The van der Waals surface area contributed by atoms with Crippen molar-refractivity contribution in [3.05, 3.63) is 58.8 Å². The standard InChI is InChI=1S/C21H22FN5O2/c1-13-10-19(27(24-13)16-8-9-29-12-16)23-21(28)20-17-6-3-7-18(17)26(25-20)15-5-2-4-14(22)11-15/h2,4-5,10-11,16H,3,6-9,12H2,1H3,(H,23,28)/t16-/m0/s1. The number of fused-ring (bicyclic) bond motifs is 1. The summed E-state index contributed by atoms with van der Waals surface area (Å²) in [6.07, 6.45) is 3.44. The summed E-state index contributed by atoms with van der Waals surface area (Å²) < 4.78 is 22.7. The minimum atomic E-state index is -0.325. The van der Waals surface area contributed by atoms with E-state index in [1.54, 1.807) is 16.8 Å². The Kier molecular flexibility index (Phi) is 4.43. The van der Waals surface area contributed by atoms with Gasteiger partial charge in [-0.05, 0) is 50.8 Å². The first-order valence-electron chi connectivity index (χ1n) is 9.92. The molecule has 0 radical (unpaired) electrons. The number of halogens is 1. The third kappa shape index (κ3) is 3.23. The van der Waals surface area contributed by atoms with Gasteiger partial charge in [0.2, 0.25) is 0 Å². The van der Waals surface area contributed by atoms with Gasteiger partial charge in [0.25, 0.3) is 5.91 Å². The highest BCUT2D eigenvalue weighted by atomic mass is 19.1. The molecule has 0 unspecified atom stereocenters. The van der Waals surface area contributed by atoms with Crippen molar-refractivity contribution in [2.75, 3.05) is 18.5 Å². The van der Waals surface area contributed by atoms with Gasteiger partial charge in [-0.1, -0.05) is 6.07 Å². The number of hydrogen-bond donors (Lipinski definition) is 1. The topological polar surface area (TPSA) is 74.0 Å². The largest absolute Gasteiger partial charge is 0.379 e. The van der Waals surface area contributed by atoms with Crippen LogP contribution in [0.1, 0.15) is 46.3 Å². The van der Waals surface area contributed by atoms with E-state index in [-0.39, 0.29) is 17.8 Å². The quantitative estimate of drug-likeness (QED) is 0.736. The number of nitrogens with one attached hydrogen (secondary N) is 1. The van der Waals surface area contributed by atoms with Crippen molar-refractivity contribution in [2.24, 2.45) is 0 Å². The van der Waals surface area contributed by atoms with Crippen LogP contribution >= 0.6 is 0 Å². The zero-order valence-corrected chi connectivity index (χ0v) is 16.2. The molecule has 2 aliphatic rings. The predicted octanol–water partition coefficient (Wildman–Crippen LogP) is 3.22. The van der Waals surface area contributed by atoms with Gasteiger partial charge in [0.05, 0.1) is 24.0 Å². The number of carbonyl (C=O) groups excluding carboxylic acids is 1. The SMILES string of the molecule is Cc1cc(NC(=O)c2nn(-c3cccc(F)c3)c3c2CCC3)n([C@H]2CCOC2)n1. The summed E-state index contributed by atoms with van der Waals surface area (Å²) in [7, 11) is 0. The number of nitrogens with zero attached hydrogens (tertiary/aromatic N) is 4. The summed E-state index contributed by atoms with van der Waals surface area (Å²) in [5.41, 5.74) is 3.79. The van der Waals surface area contributed by atoms with Gasteiger partial charge in [0.1, 0.15) is 11.6 Å². The van der Waals surface area contributed by atoms with Crippen LogP contribution in [0.3, 0.4) is 0 Å². The molecule has 7 nitrogen and oxygen atoms in total. The molecule has 1 fully saturated rings. The molecule has 1 aromatic carbocycles. The van der Waals surface area contributed by atoms with Gasteiger partial charge in [0.15, 0.2) is 5.69 Å². The fourth-order valence-electron chi connectivity index (χ4n) is 4.22. The van der Waals surface area contributed by atoms with E-state index in [1.807, 2.05) is 17.7 Å². The Labute approximate surface area is 167 Å². The number of amides is 1. The van der Waals surface area contributed by atoms with Crippen LogP contribution in [0, 0.1) is 12.7 Å². The zero-order valence-electron chi connectivity index (χ0n) is 16.2. The predicted molar refractivity (Wildman–Crippen MR) is 105 cm³/mol. The summed E-state index contributed by atoms with van der Waals surface area (Å²) in [4.78, 5) is 13.1. The van der Waals surface area contributed by atoms with E-state index in [0.29, 0.717) is 30.4 Å². The number of ether oxygens (including phenoxy) is 1. The Hall–Kier alpha value is -3.00. The number of hydrogen-bond acceptors (Lipinski definition) is 4. The Balaban J connectivity index is 1.48. The maximum Gasteiger partial charge on any atom is 0.277 e. The molecule has 150 valence electrons. The number of rotatable bonds is 4. The maximum atomic E-state index is 13.7. The lowest BCUT2D eigenvalue weighted by Crippen LogP contribution is -2.20. The van der Waals surface area contributed by atoms with Crippen molar-refractivity contribution < 1.29 is 13.9 Å². The highest BCUT2D eigenvalue weighted by Crippen LogP contribution is 2.29. The van der Waals surface area contributed by atoms with Crippen LogP contribution in [-0.4, -0.2) is 38.7 Å². The number of carbonyl (C=O) groups is 1. The van der Waals surface area contributed by atoms with Crippen LogP contribution in [0.25, 0.3) is 5.69 Å².